The fraction of sp³-hybridized carbons (Fsp3) is 0.0833. The van der Waals surface area contributed by atoms with E-state index in [4.69, 9.17) is 5.11 Å². The van der Waals surface area contributed by atoms with E-state index in [9.17, 15) is 9.18 Å². The molecule has 0 aliphatic carbocycles. The molecule has 0 spiro atoms. The molecule has 18 heavy (non-hydrogen) atoms. The predicted molar refractivity (Wildman–Crippen MR) is 64.3 cm³/mol. The van der Waals surface area contributed by atoms with Crippen LogP contribution in [0.5, 0.6) is 0 Å². The molecule has 4 nitrogen and oxygen atoms in total. The first kappa shape index (κ1) is 12.5. The van der Waals surface area contributed by atoms with Gasteiger partial charge >= 0.3 is 5.97 Å². The van der Waals surface area contributed by atoms with Gasteiger partial charge in [-0.3, -0.25) is 4.98 Å². The standard InChI is InChI=1S/C12H9FN2O2S/c1-7-11(15-5-4-14-7)18-8-2-3-10(13)9(6-8)12(16)17/h2-6H,1H3,(H,16,17). The molecule has 0 amide bonds. The number of carbonyl (C=O) groups is 1. The molecule has 0 aliphatic rings. The molecule has 92 valence electrons. The van der Waals surface area contributed by atoms with Crippen LogP contribution in [0.15, 0.2) is 40.5 Å². The minimum absolute atomic E-state index is 0.346. The number of carboxylic acid groups (broad SMARTS) is 1. The summed E-state index contributed by atoms with van der Waals surface area (Å²) < 4.78 is 13.2. The lowest BCUT2D eigenvalue weighted by molar-refractivity contribution is 0.0691. The van der Waals surface area contributed by atoms with Gasteiger partial charge in [-0.25, -0.2) is 14.2 Å². The number of nitrogens with zero attached hydrogens (tertiary/aromatic N) is 2. The van der Waals surface area contributed by atoms with Crippen molar-refractivity contribution in [3.05, 3.63) is 47.7 Å². The van der Waals surface area contributed by atoms with Crippen LogP contribution in [0.2, 0.25) is 0 Å². The monoisotopic (exact) mass is 264 g/mol. The molecule has 0 aliphatic heterocycles. The molecule has 1 N–H and O–H groups in total. The van der Waals surface area contributed by atoms with Crippen LogP contribution >= 0.6 is 11.8 Å². The molecule has 1 aromatic heterocycles. The highest BCUT2D eigenvalue weighted by molar-refractivity contribution is 7.99. The van der Waals surface area contributed by atoms with Crippen molar-refractivity contribution in [3.8, 4) is 0 Å². The van der Waals surface area contributed by atoms with Gasteiger partial charge in [0.25, 0.3) is 0 Å². The van der Waals surface area contributed by atoms with Gasteiger partial charge in [-0.2, -0.15) is 0 Å². The zero-order valence-corrected chi connectivity index (χ0v) is 10.2. The highest BCUT2D eigenvalue weighted by Gasteiger charge is 2.12. The zero-order chi connectivity index (χ0) is 13.1. The van der Waals surface area contributed by atoms with Gasteiger partial charge in [0.1, 0.15) is 10.8 Å². The lowest BCUT2D eigenvalue weighted by atomic mass is 10.2. The number of aromatic carboxylic acids is 1. The molecule has 0 radical (unpaired) electrons. The van der Waals surface area contributed by atoms with Crippen molar-refractivity contribution in [2.45, 2.75) is 16.8 Å². The van der Waals surface area contributed by atoms with Gasteiger partial charge in [0, 0.05) is 17.3 Å². The van der Waals surface area contributed by atoms with E-state index in [1.54, 1.807) is 19.3 Å². The van der Waals surface area contributed by atoms with Crippen molar-refractivity contribution in [3.63, 3.8) is 0 Å². The van der Waals surface area contributed by atoms with Gasteiger partial charge in [-0.15, -0.1) is 0 Å². The van der Waals surface area contributed by atoms with Gasteiger partial charge in [-0.1, -0.05) is 11.8 Å². The molecule has 0 bridgehead atoms. The third-order valence-corrected chi connectivity index (χ3v) is 3.30. The summed E-state index contributed by atoms with van der Waals surface area (Å²) in [4.78, 5) is 19.6. The fourth-order valence-electron chi connectivity index (χ4n) is 1.34. The van der Waals surface area contributed by atoms with E-state index < -0.39 is 11.8 Å². The Morgan fingerprint density at radius 2 is 2.06 bits per heavy atom. The molecule has 2 rings (SSSR count). The summed E-state index contributed by atoms with van der Waals surface area (Å²) in [6.45, 7) is 1.80. The largest absolute Gasteiger partial charge is 0.478 e. The Morgan fingerprint density at radius 3 is 2.72 bits per heavy atom. The Kier molecular flexibility index (Phi) is 3.57. The molecule has 0 unspecified atom stereocenters. The van der Waals surface area contributed by atoms with Crippen molar-refractivity contribution in [1.82, 2.24) is 9.97 Å². The van der Waals surface area contributed by atoms with Crippen molar-refractivity contribution in [2.75, 3.05) is 0 Å². The minimum atomic E-state index is -1.29. The van der Waals surface area contributed by atoms with Gasteiger partial charge < -0.3 is 5.11 Å². The maximum absolute atomic E-state index is 13.2. The van der Waals surface area contributed by atoms with Crippen molar-refractivity contribution in [2.24, 2.45) is 0 Å². The molecule has 2 aromatic rings. The number of rotatable bonds is 3. The van der Waals surface area contributed by atoms with Crippen LogP contribution < -0.4 is 0 Å². The molecule has 0 saturated carbocycles. The zero-order valence-electron chi connectivity index (χ0n) is 9.42. The van der Waals surface area contributed by atoms with Crippen LogP contribution in [0.4, 0.5) is 4.39 Å². The Labute approximate surface area is 107 Å². The maximum atomic E-state index is 13.2. The second kappa shape index (κ2) is 5.14. The fourth-order valence-corrected chi connectivity index (χ4v) is 2.19. The second-order valence-electron chi connectivity index (χ2n) is 3.50. The SMILES string of the molecule is Cc1nccnc1Sc1ccc(F)c(C(=O)O)c1. The molecule has 6 heteroatoms. The quantitative estimate of drug-likeness (QED) is 0.923. The van der Waals surface area contributed by atoms with Crippen molar-refractivity contribution >= 4 is 17.7 Å². The smallest absolute Gasteiger partial charge is 0.338 e. The summed E-state index contributed by atoms with van der Waals surface area (Å²) in [5, 5.41) is 9.50. The lowest BCUT2D eigenvalue weighted by Gasteiger charge is -2.04. The average Bonchev–Trinajstić information content (AvgIpc) is 2.34. The summed E-state index contributed by atoms with van der Waals surface area (Å²) in [5.41, 5.74) is 0.394. The van der Waals surface area contributed by atoms with Crippen LogP contribution in [0.3, 0.4) is 0 Å². The number of benzene rings is 1. The van der Waals surface area contributed by atoms with E-state index in [0.717, 1.165) is 11.8 Å². The topological polar surface area (TPSA) is 63.1 Å². The van der Waals surface area contributed by atoms with Crippen molar-refractivity contribution < 1.29 is 14.3 Å². The normalized spacial score (nSPS) is 10.3. The molecule has 0 saturated heterocycles. The van der Waals surface area contributed by atoms with Crippen LogP contribution in [0, 0.1) is 12.7 Å². The maximum Gasteiger partial charge on any atom is 0.338 e. The van der Waals surface area contributed by atoms with Gasteiger partial charge in [-0.05, 0) is 25.1 Å². The number of halogens is 1. The second-order valence-corrected chi connectivity index (χ2v) is 4.56. The number of carboxylic acids is 1. The summed E-state index contributed by atoms with van der Waals surface area (Å²) in [7, 11) is 0. The van der Waals surface area contributed by atoms with Crippen LogP contribution in [0.25, 0.3) is 0 Å². The Bertz CT molecular complexity index is 604. The van der Waals surface area contributed by atoms with Gasteiger partial charge in [0.2, 0.25) is 0 Å². The first-order valence-corrected chi connectivity index (χ1v) is 5.88. The highest BCUT2D eigenvalue weighted by atomic mass is 32.2. The number of hydrogen-bond donors (Lipinski definition) is 1. The number of aryl methyl sites for hydroxylation is 1. The molecule has 1 heterocycles. The van der Waals surface area contributed by atoms with Crippen LogP contribution in [-0.2, 0) is 0 Å². The average molecular weight is 264 g/mol. The highest BCUT2D eigenvalue weighted by Crippen LogP contribution is 2.28. The first-order valence-electron chi connectivity index (χ1n) is 5.06. The van der Waals surface area contributed by atoms with E-state index in [-0.39, 0.29) is 5.56 Å². The van der Waals surface area contributed by atoms with Gasteiger partial charge in [0.15, 0.2) is 0 Å². The van der Waals surface area contributed by atoms with Gasteiger partial charge in [0.05, 0.1) is 11.3 Å². The Morgan fingerprint density at radius 1 is 1.33 bits per heavy atom. The molecule has 1 aromatic carbocycles. The summed E-state index contributed by atoms with van der Waals surface area (Å²) >= 11 is 1.25. The number of aromatic nitrogens is 2. The van der Waals surface area contributed by atoms with E-state index >= 15 is 0 Å². The molecular weight excluding hydrogens is 255 g/mol. The first-order chi connectivity index (χ1) is 8.58. The van der Waals surface area contributed by atoms with Crippen LogP contribution in [0.1, 0.15) is 16.1 Å². The summed E-state index contributed by atoms with van der Waals surface area (Å²) in [6.07, 6.45) is 3.13. The van der Waals surface area contributed by atoms with E-state index in [0.29, 0.717) is 9.92 Å². The van der Waals surface area contributed by atoms with E-state index in [2.05, 4.69) is 9.97 Å². The summed E-state index contributed by atoms with van der Waals surface area (Å²) in [6, 6.07) is 3.94. The Hall–Kier alpha value is -1.95. The molecule has 0 fully saturated rings. The third-order valence-electron chi connectivity index (χ3n) is 2.22. The van der Waals surface area contributed by atoms with Crippen molar-refractivity contribution in [1.29, 1.82) is 0 Å². The lowest BCUT2D eigenvalue weighted by Crippen LogP contribution is -2.00. The number of hydrogen-bond acceptors (Lipinski definition) is 4. The van der Waals surface area contributed by atoms with E-state index in [1.807, 2.05) is 0 Å². The third kappa shape index (κ3) is 2.65. The Balaban J connectivity index is 2.33. The molecule has 0 atom stereocenters. The van der Waals surface area contributed by atoms with E-state index in [1.165, 1.54) is 23.9 Å². The predicted octanol–water partition coefficient (Wildman–Crippen LogP) is 2.77. The van der Waals surface area contributed by atoms with Crippen LogP contribution in [-0.4, -0.2) is 21.0 Å². The summed E-state index contributed by atoms with van der Waals surface area (Å²) in [5.74, 6) is -2.03. The molecular formula is C12H9FN2O2S. The minimum Gasteiger partial charge on any atom is -0.478 e.